The van der Waals surface area contributed by atoms with Gasteiger partial charge < -0.3 is 9.47 Å². The first kappa shape index (κ1) is 16.1. The number of piperidine rings is 1. The molecule has 1 saturated carbocycles. The zero-order chi connectivity index (χ0) is 15.3. The summed E-state index contributed by atoms with van der Waals surface area (Å²) < 4.78 is 15.4. The molecule has 3 fully saturated rings. The van der Waals surface area contributed by atoms with Crippen LogP contribution in [0.4, 0.5) is 0 Å². The zero-order valence-electron chi connectivity index (χ0n) is 14.0. The zero-order valence-corrected chi connectivity index (χ0v) is 14.9. The van der Waals surface area contributed by atoms with Crippen molar-refractivity contribution >= 4 is 12.8 Å². The quantitative estimate of drug-likeness (QED) is 0.767. The van der Waals surface area contributed by atoms with Gasteiger partial charge in [0, 0.05) is 23.9 Å². The molecule has 0 N–H and O–H groups in total. The number of nitrogens with zero attached hydrogens (tertiary/aromatic N) is 1. The van der Waals surface area contributed by atoms with Crippen LogP contribution in [0.25, 0.3) is 0 Å². The molecule has 2 saturated heterocycles. The number of hydrogen-bond donors (Lipinski definition) is 1. The summed E-state index contributed by atoms with van der Waals surface area (Å²) in [6.07, 6.45) is 9.60. The maximum absolute atomic E-state index is 6.55. The third kappa shape index (κ3) is 2.56. The molecular weight excluding hydrogens is 282 g/mol. The van der Waals surface area contributed by atoms with Crippen molar-refractivity contribution in [3.63, 3.8) is 0 Å². The Bertz CT molecular complexity index is 380. The first-order chi connectivity index (χ1) is 9.86. The molecule has 2 heterocycles. The van der Waals surface area contributed by atoms with Gasteiger partial charge in [0.2, 0.25) is 0 Å². The molecule has 0 aromatic heterocycles. The molecule has 1 spiro atoms. The van der Waals surface area contributed by atoms with Crippen LogP contribution >= 0.6 is 12.8 Å². The Morgan fingerprint density at radius 3 is 2.00 bits per heavy atom. The van der Waals surface area contributed by atoms with Gasteiger partial charge in [-0.3, -0.25) is 0 Å². The van der Waals surface area contributed by atoms with Crippen LogP contribution in [0.15, 0.2) is 0 Å². The largest absolute Gasteiger partial charge is 0.344 e. The average Bonchev–Trinajstić information content (AvgIpc) is 2.79. The summed E-state index contributed by atoms with van der Waals surface area (Å²) in [6.45, 7) is 9.08. The van der Waals surface area contributed by atoms with Crippen molar-refractivity contribution in [2.24, 2.45) is 0 Å². The van der Waals surface area contributed by atoms with Gasteiger partial charge in [-0.2, -0.15) is 0 Å². The lowest BCUT2D eigenvalue weighted by molar-refractivity contribution is -0.240. The first-order valence-corrected chi connectivity index (χ1v) is 9.11. The smallest absolute Gasteiger partial charge is 0.172 e. The molecule has 0 bridgehead atoms. The van der Waals surface area contributed by atoms with Crippen LogP contribution in [-0.2, 0) is 9.47 Å². The second-order valence-electron chi connectivity index (χ2n) is 7.92. The van der Waals surface area contributed by atoms with E-state index in [2.05, 4.69) is 32.0 Å². The second-order valence-corrected chi connectivity index (χ2v) is 8.32. The minimum atomic E-state index is -0.381. The van der Waals surface area contributed by atoms with Gasteiger partial charge in [-0.15, -0.1) is 0 Å². The van der Waals surface area contributed by atoms with E-state index in [1.165, 1.54) is 25.7 Å². The van der Waals surface area contributed by atoms with E-state index >= 15 is 0 Å². The standard InChI is InChI=1S/C17H31NO2S/c1-5-16(6-2)12-17(11-15(3,4)18(16)21)19-13-9-7-8-10-14(13)20-17/h13-14,21H,5-12H2,1-4H3. The summed E-state index contributed by atoms with van der Waals surface area (Å²) in [6, 6.07) is 0. The van der Waals surface area contributed by atoms with Crippen molar-refractivity contribution in [2.45, 2.75) is 108 Å². The van der Waals surface area contributed by atoms with Gasteiger partial charge in [0.25, 0.3) is 0 Å². The molecule has 2 atom stereocenters. The molecule has 3 aliphatic rings. The van der Waals surface area contributed by atoms with Crippen LogP contribution in [0.2, 0.25) is 0 Å². The second kappa shape index (κ2) is 5.40. The number of rotatable bonds is 2. The Morgan fingerprint density at radius 1 is 1.00 bits per heavy atom. The van der Waals surface area contributed by atoms with E-state index in [4.69, 9.17) is 22.3 Å². The highest BCUT2D eigenvalue weighted by molar-refractivity contribution is 7.77. The van der Waals surface area contributed by atoms with E-state index in [1.54, 1.807) is 0 Å². The lowest BCUT2D eigenvalue weighted by atomic mass is 9.74. The molecule has 0 aromatic rings. The van der Waals surface area contributed by atoms with Crippen LogP contribution in [-0.4, -0.2) is 33.4 Å². The molecule has 21 heavy (non-hydrogen) atoms. The monoisotopic (exact) mass is 313 g/mol. The summed E-state index contributed by atoms with van der Waals surface area (Å²) in [5, 5.41) is 0. The van der Waals surface area contributed by atoms with E-state index in [0.717, 1.165) is 25.7 Å². The topological polar surface area (TPSA) is 21.7 Å². The lowest BCUT2D eigenvalue weighted by Gasteiger charge is -2.57. The molecule has 0 amide bonds. The third-order valence-corrected chi connectivity index (χ3v) is 6.98. The predicted molar refractivity (Wildman–Crippen MR) is 88.4 cm³/mol. The Labute approximate surface area is 135 Å². The highest BCUT2D eigenvalue weighted by atomic mass is 32.1. The molecule has 0 radical (unpaired) electrons. The minimum absolute atomic E-state index is 0.0130. The highest BCUT2D eigenvalue weighted by Gasteiger charge is 2.60. The van der Waals surface area contributed by atoms with E-state index in [9.17, 15) is 0 Å². The fraction of sp³-hybridized carbons (Fsp3) is 1.00. The van der Waals surface area contributed by atoms with Crippen molar-refractivity contribution in [1.29, 1.82) is 0 Å². The summed E-state index contributed by atoms with van der Waals surface area (Å²) in [4.78, 5) is 0. The molecule has 3 rings (SSSR count). The van der Waals surface area contributed by atoms with Gasteiger partial charge in [0.1, 0.15) is 0 Å². The van der Waals surface area contributed by atoms with Crippen LogP contribution in [0, 0.1) is 0 Å². The van der Waals surface area contributed by atoms with Crippen LogP contribution in [0.1, 0.15) is 79.1 Å². The average molecular weight is 314 g/mol. The lowest BCUT2D eigenvalue weighted by Crippen LogP contribution is -2.64. The van der Waals surface area contributed by atoms with Gasteiger partial charge in [0.05, 0.1) is 12.2 Å². The van der Waals surface area contributed by atoms with Gasteiger partial charge in [-0.25, -0.2) is 4.31 Å². The van der Waals surface area contributed by atoms with Crippen molar-refractivity contribution in [3.8, 4) is 0 Å². The third-order valence-electron chi connectivity index (χ3n) is 6.01. The van der Waals surface area contributed by atoms with Gasteiger partial charge >= 0.3 is 0 Å². The Balaban J connectivity index is 1.89. The van der Waals surface area contributed by atoms with Crippen molar-refractivity contribution in [3.05, 3.63) is 0 Å². The Kier molecular flexibility index (Phi) is 4.14. The molecule has 122 valence electrons. The van der Waals surface area contributed by atoms with Gasteiger partial charge in [-0.1, -0.05) is 39.5 Å². The first-order valence-electron chi connectivity index (χ1n) is 8.71. The van der Waals surface area contributed by atoms with E-state index < -0.39 is 0 Å². The normalized spacial score (nSPS) is 42.1. The summed E-state index contributed by atoms with van der Waals surface area (Å²) in [5.41, 5.74) is 0.0548. The van der Waals surface area contributed by atoms with Crippen molar-refractivity contribution < 1.29 is 9.47 Å². The van der Waals surface area contributed by atoms with Crippen LogP contribution in [0.5, 0.6) is 0 Å². The predicted octanol–water partition coefficient (Wildman–Crippen LogP) is 4.32. The fourth-order valence-electron chi connectivity index (χ4n) is 4.89. The highest BCUT2D eigenvalue weighted by Crippen LogP contribution is 2.54. The molecular formula is C17H31NO2S. The molecule has 4 heteroatoms. The van der Waals surface area contributed by atoms with Crippen molar-refractivity contribution in [2.75, 3.05) is 0 Å². The number of thiol groups is 1. The Hall–Kier alpha value is 0.230. The molecule has 3 nitrogen and oxygen atoms in total. The number of fused-ring (bicyclic) bond motifs is 1. The molecule has 2 aliphatic heterocycles. The number of hydrogen-bond acceptors (Lipinski definition) is 4. The van der Waals surface area contributed by atoms with Gasteiger partial charge in [-0.05, 0) is 39.5 Å². The van der Waals surface area contributed by atoms with Crippen LogP contribution in [0.3, 0.4) is 0 Å². The molecule has 0 aromatic carbocycles. The molecule has 1 aliphatic carbocycles. The van der Waals surface area contributed by atoms with Gasteiger partial charge in [0.15, 0.2) is 5.79 Å². The molecule has 2 unspecified atom stereocenters. The maximum atomic E-state index is 6.55. The Morgan fingerprint density at radius 2 is 1.52 bits per heavy atom. The number of ether oxygens (including phenoxy) is 2. The fourth-order valence-corrected chi connectivity index (χ4v) is 5.32. The summed E-state index contributed by atoms with van der Waals surface area (Å²) >= 11 is 4.88. The summed E-state index contributed by atoms with van der Waals surface area (Å²) in [7, 11) is 0. The van der Waals surface area contributed by atoms with E-state index in [-0.39, 0.29) is 16.9 Å². The van der Waals surface area contributed by atoms with E-state index in [0.29, 0.717) is 12.2 Å². The van der Waals surface area contributed by atoms with Crippen LogP contribution < -0.4 is 0 Å². The van der Waals surface area contributed by atoms with E-state index in [1.807, 2.05) is 0 Å². The van der Waals surface area contributed by atoms with Crippen molar-refractivity contribution in [1.82, 2.24) is 4.31 Å². The minimum Gasteiger partial charge on any atom is -0.344 e. The summed E-state index contributed by atoms with van der Waals surface area (Å²) in [5.74, 6) is -0.381. The SMILES string of the molecule is CCC1(CC)CC2(CC(C)(C)N1S)OC1CCCCC1O2. The maximum Gasteiger partial charge on any atom is 0.172 e.